The molecule has 0 atom stereocenters. The van der Waals surface area contributed by atoms with E-state index in [2.05, 4.69) is 18.3 Å². The second-order valence-corrected chi connectivity index (χ2v) is 5.92. The number of halogens is 1. The first kappa shape index (κ1) is 13.2. The first-order valence-corrected chi connectivity index (χ1v) is 7.35. The van der Waals surface area contributed by atoms with Crippen molar-refractivity contribution < 1.29 is 9.47 Å². The fourth-order valence-electron chi connectivity index (χ4n) is 2.96. The van der Waals surface area contributed by atoms with Crippen molar-refractivity contribution in [1.29, 1.82) is 0 Å². The van der Waals surface area contributed by atoms with E-state index >= 15 is 0 Å². The van der Waals surface area contributed by atoms with Gasteiger partial charge in [0.25, 0.3) is 0 Å². The molecule has 104 valence electrons. The lowest BCUT2D eigenvalue weighted by Gasteiger charge is -2.36. The van der Waals surface area contributed by atoms with Crippen LogP contribution in [0.1, 0.15) is 31.2 Å². The third-order valence-corrected chi connectivity index (χ3v) is 4.36. The SMILES string of the molecule is Cc1ccc(Cl)cc1NC1CCC2(CC1)OCCO2. The minimum Gasteiger partial charge on any atom is -0.382 e. The van der Waals surface area contributed by atoms with Crippen LogP contribution in [0.4, 0.5) is 5.69 Å². The van der Waals surface area contributed by atoms with Gasteiger partial charge in [0, 0.05) is 29.6 Å². The van der Waals surface area contributed by atoms with Crippen molar-refractivity contribution in [2.24, 2.45) is 0 Å². The Balaban J connectivity index is 1.61. The average Bonchev–Trinajstić information content (AvgIpc) is 2.85. The van der Waals surface area contributed by atoms with Crippen molar-refractivity contribution in [3.8, 4) is 0 Å². The fourth-order valence-corrected chi connectivity index (χ4v) is 3.13. The summed E-state index contributed by atoms with van der Waals surface area (Å²) in [7, 11) is 0. The van der Waals surface area contributed by atoms with Crippen molar-refractivity contribution in [3.05, 3.63) is 28.8 Å². The summed E-state index contributed by atoms with van der Waals surface area (Å²) in [6, 6.07) is 6.47. The summed E-state index contributed by atoms with van der Waals surface area (Å²) in [5, 5.41) is 4.38. The molecule has 2 fully saturated rings. The van der Waals surface area contributed by atoms with E-state index in [1.54, 1.807) is 0 Å². The van der Waals surface area contributed by atoms with Gasteiger partial charge in [-0.25, -0.2) is 0 Å². The summed E-state index contributed by atoms with van der Waals surface area (Å²) in [5.41, 5.74) is 2.37. The molecule has 0 radical (unpaired) electrons. The first-order valence-electron chi connectivity index (χ1n) is 6.97. The van der Waals surface area contributed by atoms with E-state index in [1.807, 2.05) is 12.1 Å². The Labute approximate surface area is 119 Å². The van der Waals surface area contributed by atoms with Gasteiger partial charge >= 0.3 is 0 Å². The van der Waals surface area contributed by atoms with Gasteiger partial charge in [0.05, 0.1) is 13.2 Å². The quantitative estimate of drug-likeness (QED) is 0.896. The maximum absolute atomic E-state index is 6.05. The molecule has 1 saturated heterocycles. The van der Waals surface area contributed by atoms with Crippen molar-refractivity contribution in [2.75, 3.05) is 18.5 Å². The molecule has 1 saturated carbocycles. The third-order valence-electron chi connectivity index (χ3n) is 4.12. The van der Waals surface area contributed by atoms with E-state index in [0.29, 0.717) is 6.04 Å². The smallest absolute Gasteiger partial charge is 0.168 e. The lowest BCUT2D eigenvalue weighted by atomic mass is 9.90. The van der Waals surface area contributed by atoms with Crippen LogP contribution in [-0.4, -0.2) is 25.0 Å². The van der Waals surface area contributed by atoms with Crippen LogP contribution >= 0.6 is 11.6 Å². The van der Waals surface area contributed by atoms with Crippen LogP contribution in [0.2, 0.25) is 5.02 Å². The number of anilines is 1. The summed E-state index contributed by atoms with van der Waals surface area (Å²) in [6.07, 6.45) is 4.10. The minimum absolute atomic E-state index is 0.276. The number of aryl methyl sites for hydroxylation is 1. The molecule has 1 aliphatic heterocycles. The van der Waals surface area contributed by atoms with Crippen molar-refractivity contribution in [2.45, 2.75) is 44.4 Å². The molecular formula is C15H20ClNO2. The van der Waals surface area contributed by atoms with Gasteiger partial charge in [0.1, 0.15) is 0 Å². The van der Waals surface area contributed by atoms with Crippen LogP contribution in [0.25, 0.3) is 0 Å². The fraction of sp³-hybridized carbons (Fsp3) is 0.600. The first-order chi connectivity index (χ1) is 9.17. The summed E-state index contributed by atoms with van der Waals surface area (Å²) in [5.74, 6) is -0.276. The van der Waals surface area contributed by atoms with Crippen molar-refractivity contribution >= 4 is 17.3 Å². The van der Waals surface area contributed by atoms with Gasteiger partial charge in [0.15, 0.2) is 5.79 Å². The Hall–Kier alpha value is -0.770. The normalized spacial score (nSPS) is 22.8. The molecule has 3 nitrogen and oxygen atoms in total. The highest BCUT2D eigenvalue weighted by Gasteiger charge is 2.40. The van der Waals surface area contributed by atoms with Crippen LogP contribution in [0.15, 0.2) is 18.2 Å². The van der Waals surface area contributed by atoms with E-state index in [4.69, 9.17) is 21.1 Å². The molecule has 1 aromatic rings. The Bertz CT molecular complexity index is 447. The van der Waals surface area contributed by atoms with Crippen LogP contribution in [0.3, 0.4) is 0 Å². The Morgan fingerprint density at radius 3 is 2.58 bits per heavy atom. The molecule has 4 heteroatoms. The lowest BCUT2D eigenvalue weighted by molar-refractivity contribution is -0.177. The van der Waals surface area contributed by atoms with Gasteiger partial charge < -0.3 is 14.8 Å². The Kier molecular flexibility index (Phi) is 3.70. The second kappa shape index (κ2) is 5.31. The van der Waals surface area contributed by atoms with Gasteiger partial charge in [-0.3, -0.25) is 0 Å². The van der Waals surface area contributed by atoms with Gasteiger partial charge in [-0.1, -0.05) is 17.7 Å². The minimum atomic E-state index is -0.276. The molecule has 0 bridgehead atoms. The van der Waals surface area contributed by atoms with Gasteiger partial charge in [-0.05, 0) is 37.5 Å². The molecule has 0 unspecified atom stereocenters. The zero-order valence-corrected chi connectivity index (χ0v) is 12.0. The predicted octanol–water partition coefficient (Wildman–Crippen LogP) is 3.75. The van der Waals surface area contributed by atoms with E-state index in [0.717, 1.165) is 49.6 Å². The Morgan fingerprint density at radius 1 is 1.21 bits per heavy atom. The third kappa shape index (κ3) is 2.88. The summed E-state index contributed by atoms with van der Waals surface area (Å²) >= 11 is 6.05. The molecule has 1 heterocycles. The molecular weight excluding hydrogens is 262 g/mol. The van der Waals surface area contributed by atoms with E-state index in [1.165, 1.54) is 5.56 Å². The van der Waals surface area contributed by atoms with Gasteiger partial charge in [-0.15, -0.1) is 0 Å². The molecule has 19 heavy (non-hydrogen) atoms. The molecule has 1 N–H and O–H groups in total. The highest BCUT2D eigenvalue weighted by atomic mass is 35.5. The van der Waals surface area contributed by atoms with E-state index in [-0.39, 0.29) is 5.79 Å². The molecule has 1 aromatic carbocycles. The second-order valence-electron chi connectivity index (χ2n) is 5.49. The van der Waals surface area contributed by atoms with Crippen LogP contribution in [0, 0.1) is 6.92 Å². The number of nitrogens with one attached hydrogen (secondary N) is 1. The average molecular weight is 282 g/mol. The Morgan fingerprint density at radius 2 is 1.89 bits per heavy atom. The molecule has 0 aromatic heterocycles. The zero-order valence-electron chi connectivity index (χ0n) is 11.2. The maximum Gasteiger partial charge on any atom is 0.168 e. The van der Waals surface area contributed by atoms with Crippen molar-refractivity contribution in [1.82, 2.24) is 0 Å². The summed E-state index contributed by atoms with van der Waals surface area (Å²) in [4.78, 5) is 0. The van der Waals surface area contributed by atoms with Crippen LogP contribution in [0.5, 0.6) is 0 Å². The number of benzene rings is 1. The lowest BCUT2D eigenvalue weighted by Crippen LogP contribution is -2.39. The number of hydrogen-bond donors (Lipinski definition) is 1. The number of ether oxygens (including phenoxy) is 2. The van der Waals surface area contributed by atoms with Crippen molar-refractivity contribution in [3.63, 3.8) is 0 Å². The summed E-state index contributed by atoms with van der Waals surface area (Å²) < 4.78 is 11.5. The molecule has 3 rings (SSSR count). The van der Waals surface area contributed by atoms with Gasteiger partial charge in [0.2, 0.25) is 0 Å². The number of rotatable bonds is 2. The monoisotopic (exact) mass is 281 g/mol. The number of hydrogen-bond acceptors (Lipinski definition) is 3. The highest BCUT2D eigenvalue weighted by Crippen LogP contribution is 2.37. The van der Waals surface area contributed by atoms with Gasteiger partial charge in [-0.2, -0.15) is 0 Å². The largest absolute Gasteiger partial charge is 0.382 e. The topological polar surface area (TPSA) is 30.5 Å². The van der Waals surface area contributed by atoms with Crippen LogP contribution < -0.4 is 5.32 Å². The highest BCUT2D eigenvalue weighted by molar-refractivity contribution is 6.30. The zero-order chi connectivity index (χ0) is 13.3. The van der Waals surface area contributed by atoms with E-state index < -0.39 is 0 Å². The molecule has 0 amide bonds. The maximum atomic E-state index is 6.05. The molecule has 1 spiro atoms. The predicted molar refractivity (Wildman–Crippen MR) is 76.7 cm³/mol. The molecule has 1 aliphatic carbocycles. The van der Waals surface area contributed by atoms with E-state index in [9.17, 15) is 0 Å². The summed E-state index contributed by atoms with van der Waals surface area (Å²) in [6.45, 7) is 3.59. The van der Waals surface area contributed by atoms with Crippen LogP contribution in [-0.2, 0) is 9.47 Å². The standard InChI is InChI=1S/C15H20ClNO2/c1-11-2-3-12(16)10-14(11)17-13-4-6-15(7-5-13)18-8-9-19-15/h2-3,10,13,17H,4-9H2,1H3. The molecule has 2 aliphatic rings.